The molecular formula is C27H26F3N9O3S. The Morgan fingerprint density at radius 3 is 2.58 bits per heavy atom. The number of pyridine rings is 1. The molecule has 43 heavy (non-hydrogen) atoms. The van der Waals surface area contributed by atoms with Crippen molar-refractivity contribution < 1.29 is 26.7 Å². The number of anilines is 3. The van der Waals surface area contributed by atoms with Crippen LogP contribution in [0.3, 0.4) is 0 Å². The van der Waals surface area contributed by atoms with E-state index < -0.39 is 27.7 Å². The molecular weight excluding hydrogens is 587 g/mol. The average Bonchev–Trinajstić information content (AvgIpc) is 3.50. The van der Waals surface area contributed by atoms with Gasteiger partial charge < -0.3 is 15.7 Å². The van der Waals surface area contributed by atoms with Crippen LogP contribution in [-0.2, 0) is 16.3 Å². The third-order valence-corrected chi connectivity index (χ3v) is 9.07. The molecule has 2 aliphatic carbocycles. The molecule has 0 unspecified atom stereocenters. The van der Waals surface area contributed by atoms with Crippen molar-refractivity contribution in [1.82, 2.24) is 33.9 Å². The monoisotopic (exact) mass is 613 g/mol. The first-order chi connectivity index (χ1) is 20.5. The van der Waals surface area contributed by atoms with Gasteiger partial charge >= 0.3 is 6.30 Å². The second kappa shape index (κ2) is 11.3. The van der Waals surface area contributed by atoms with Crippen LogP contribution in [0.25, 0.3) is 11.4 Å². The molecule has 0 saturated heterocycles. The number of aliphatic hydroxyl groups excluding tert-OH is 1. The van der Waals surface area contributed by atoms with Crippen LogP contribution in [-0.4, -0.2) is 64.8 Å². The minimum atomic E-state index is -4.64. The standard InChI is InChI=1S/C27H26F3N9O3S/c28-27(29,30)38-15-17(12-33-38)4-5-18-13-32-25(11-23(18)35-20-2-1-3-21(40)10-20)36-24-8-9-31-26(37-24)19-14-34-39(16-19)43(41,42)22-6-7-22/h8-9,11-16,20-22,40H,1-3,6-7,10H2,(H2,31,32,35,36,37)/t20-,21-/m0/s1. The maximum atomic E-state index is 12.9. The number of aromatic nitrogens is 7. The molecule has 4 aromatic rings. The molecule has 0 aromatic carbocycles. The Labute approximate surface area is 244 Å². The van der Waals surface area contributed by atoms with Crippen molar-refractivity contribution in [1.29, 1.82) is 0 Å². The first kappa shape index (κ1) is 28.6. The van der Waals surface area contributed by atoms with E-state index in [4.69, 9.17) is 0 Å². The van der Waals surface area contributed by atoms with Gasteiger partial charge in [0.05, 0.1) is 52.3 Å². The number of hydrogen-bond donors (Lipinski definition) is 3. The number of nitrogens with one attached hydrogen (secondary N) is 2. The normalized spacial score (nSPS) is 19.0. The van der Waals surface area contributed by atoms with E-state index in [1.165, 1.54) is 24.8 Å². The van der Waals surface area contributed by atoms with Crippen molar-refractivity contribution in [2.75, 3.05) is 10.6 Å². The van der Waals surface area contributed by atoms with E-state index in [-0.39, 0.29) is 22.1 Å². The molecule has 4 aromatic heterocycles. The Bertz CT molecular complexity index is 1810. The highest BCUT2D eigenvalue weighted by molar-refractivity contribution is 7.90. The quantitative estimate of drug-likeness (QED) is 0.264. The van der Waals surface area contributed by atoms with E-state index in [2.05, 4.69) is 47.6 Å². The maximum absolute atomic E-state index is 12.9. The van der Waals surface area contributed by atoms with Gasteiger partial charge in [0.2, 0.25) is 0 Å². The summed E-state index contributed by atoms with van der Waals surface area (Å²) in [6.07, 6.45) is 6.70. The molecule has 0 spiro atoms. The molecule has 2 saturated carbocycles. The molecule has 12 nitrogen and oxygen atoms in total. The number of rotatable bonds is 7. The maximum Gasteiger partial charge on any atom is 0.504 e. The number of halogens is 3. The van der Waals surface area contributed by atoms with Crippen molar-refractivity contribution in [3.05, 3.63) is 60.4 Å². The predicted octanol–water partition coefficient (Wildman–Crippen LogP) is 3.61. The Morgan fingerprint density at radius 1 is 1.00 bits per heavy atom. The highest BCUT2D eigenvalue weighted by atomic mass is 32.2. The van der Waals surface area contributed by atoms with Crippen LogP contribution < -0.4 is 10.6 Å². The summed E-state index contributed by atoms with van der Waals surface area (Å²) in [6.45, 7) is 0. The molecule has 3 N–H and O–H groups in total. The van der Waals surface area contributed by atoms with Crippen LogP contribution in [0.1, 0.15) is 49.7 Å². The fourth-order valence-electron chi connectivity index (χ4n) is 4.70. The van der Waals surface area contributed by atoms with Crippen molar-refractivity contribution in [3.63, 3.8) is 0 Å². The van der Waals surface area contributed by atoms with Gasteiger partial charge in [0.25, 0.3) is 10.0 Å². The summed E-state index contributed by atoms with van der Waals surface area (Å²) in [7, 11) is -3.53. The Morgan fingerprint density at radius 2 is 1.84 bits per heavy atom. The zero-order chi connectivity index (χ0) is 30.2. The summed E-state index contributed by atoms with van der Waals surface area (Å²) in [5.74, 6) is 6.62. The van der Waals surface area contributed by atoms with Gasteiger partial charge in [-0.3, -0.25) is 0 Å². The summed E-state index contributed by atoms with van der Waals surface area (Å²) in [4.78, 5) is 13.1. The van der Waals surface area contributed by atoms with Crippen molar-refractivity contribution >= 4 is 27.3 Å². The molecule has 0 radical (unpaired) electrons. The molecule has 2 aliphatic rings. The van der Waals surface area contributed by atoms with Crippen LogP contribution in [0, 0.1) is 11.8 Å². The van der Waals surface area contributed by atoms with Crippen molar-refractivity contribution in [3.8, 4) is 23.2 Å². The molecule has 224 valence electrons. The topological polar surface area (TPSA) is 153 Å². The van der Waals surface area contributed by atoms with Crippen molar-refractivity contribution in [2.24, 2.45) is 0 Å². The average molecular weight is 614 g/mol. The van der Waals surface area contributed by atoms with Gasteiger partial charge in [0.1, 0.15) is 11.6 Å². The van der Waals surface area contributed by atoms with Gasteiger partial charge in [-0.15, -0.1) is 13.2 Å². The van der Waals surface area contributed by atoms with E-state index in [9.17, 15) is 26.7 Å². The highest BCUT2D eigenvalue weighted by Crippen LogP contribution is 2.31. The number of alkyl halides is 3. The molecule has 2 fully saturated rings. The third-order valence-electron chi connectivity index (χ3n) is 7.03. The first-order valence-corrected chi connectivity index (χ1v) is 15.0. The molecule has 4 heterocycles. The molecule has 0 aliphatic heterocycles. The second-order valence-corrected chi connectivity index (χ2v) is 12.5. The summed E-state index contributed by atoms with van der Waals surface area (Å²) < 4.78 is 64.6. The predicted molar refractivity (Wildman–Crippen MR) is 150 cm³/mol. The van der Waals surface area contributed by atoms with E-state index in [1.54, 1.807) is 12.1 Å². The lowest BCUT2D eigenvalue weighted by Gasteiger charge is -2.28. The molecule has 0 amide bonds. The van der Waals surface area contributed by atoms with Crippen LogP contribution in [0.2, 0.25) is 0 Å². The lowest BCUT2D eigenvalue weighted by molar-refractivity contribution is -0.212. The SMILES string of the molecule is O=S(=O)(C1CC1)n1cc(-c2nccc(Nc3cc(N[C@H]4CCC[C@H](O)C4)c(C#Cc4cnn(C(F)(F)F)c4)cn3)n2)cn1. The van der Waals surface area contributed by atoms with Gasteiger partial charge in [0.15, 0.2) is 5.82 Å². The largest absolute Gasteiger partial charge is 0.504 e. The zero-order valence-corrected chi connectivity index (χ0v) is 23.3. The van der Waals surface area contributed by atoms with Gasteiger partial charge in [0, 0.05) is 30.7 Å². The van der Waals surface area contributed by atoms with Crippen LogP contribution in [0.5, 0.6) is 0 Å². The third kappa shape index (κ3) is 6.62. The lowest BCUT2D eigenvalue weighted by Crippen LogP contribution is -2.30. The molecule has 16 heteroatoms. The molecule has 2 atom stereocenters. The lowest BCUT2D eigenvalue weighted by atomic mass is 9.92. The zero-order valence-electron chi connectivity index (χ0n) is 22.5. The van der Waals surface area contributed by atoms with E-state index in [1.807, 2.05) is 0 Å². The Balaban J connectivity index is 1.25. The van der Waals surface area contributed by atoms with Gasteiger partial charge in [-0.05, 0) is 44.6 Å². The van der Waals surface area contributed by atoms with Gasteiger partial charge in [-0.2, -0.15) is 19.0 Å². The first-order valence-electron chi connectivity index (χ1n) is 13.5. The molecule has 0 bridgehead atoms. The van der Waals surface area contributed by atoms with Crippen LogP contribution in [0.4, 0.5) is 30.5 Å². The van der Waals surface area contributed by atoms with Crippen LogP contribution in [0.15, 0.2) is 49.3 Å². The van der Waals surface area contributed by atoms with Gasteiger partial charge in [-0.1, -0.05) is 11.8 Å². The summed E-state index contributed by atoms with van der Waals surface area (Å²) in [5.41, 5.74) is 1.53. The smallest absolute Gasteiger partial charge is 0.393 e. The minimum absolute atomic E-state index is 0.0402. The number of aliphatic hydroxyl groups is 1. The van der Waals surface area contributed by atoms with E-state index >= 15 is 0 Å². The van der Waals surface area contributed by atoms with E-state index in [0.717, 1.165) is 35.7 Å². The minimum Gasteiger partial charge on any atom is -0.393 e. The van der Waals surface area contributed by atoms with E-state index in [0.29, 0.717) is 47.7 Å². The highest BCUT2D eigenvalue weighted by Gasteiger charge is 2.37. The summed E-state index contributed by atoms with van der Waals surface area (Å²) in [5, 5.41) is 23.5. The summed E-state index contributed by atoms with van der Waals surface area (Å²) in [6, 6.07) is 3.28. The summed E-state index contributed by atoms with van der Waals surface area (Å²) >= 11 is 0. The Hall–Kier alpha value is -4.49. The van der Waals surface area contributed by atoms with Gasteiger partial charge in [-0.25, -0.2) is 23.4 Å². The molecule has 6 rings (SSSR count). The number of hydrogen-bond acceptors (Lipinski definition) is 10. The fraction of sp³-hybridized carbons (Fsp3) is 0.370. The second-order valence-electron chi connectivity index (χ2n) is 10.4. The van der Waals surface area contributed by atoms with Crippen LogP contribution >= 0.6 is 0 Å². The fourth-order valence-corrected chi connectivity index (χ4v) is 6.18. The Kier molecular flexibility index (Phi) is 7.52. The number of nitrogens with zero attached hydrogens (tertiary/aromatic N) is 7. The van der Waals surface area contributed by atoms with Crippen molar-refractivity contribution in [2.45, 2.75) is 62.2 Å².